The second-order valence-electron chi connectivity index (χ2n) is 5.36. The molecule has 0 amide bonds. The van der Waals surface area contributed by atoms with Gasteiger partial charge in [-0.25, -0.2) is 0 Å². The number of carboxylic acids is 1. The van der Waals surface area contributed by atoms with Crippen molar-refractivity contribution >= 4 is 21.9 Å². The highest BCUT2D eigenvalue weighted by molar-refractivity contribution is 9.10. The van der Waals surface area contributed by atoms with E-state index < -0.39 is 10.3 Å². The molecule has 1 N–H and O–H groups in total. The predicted octanol–water partition coefficient (Wildman–Crippen LogP) is 4.07. The quantitative estimate of drug-likeness (QED) is 0.769. The zero-order valence-corrected chi connectivity index (χ0v) is 14.8. The lowest BCUT2D eigenvalue weighted by Crippen LogP contribution is -2.36. The summed E-state index contributed by atoms with van der Waals surface area (Å²) < 4.78 is 9.20. The third kappa shape index (κ3) is 3.67. The Balaban J connectivity index is 2.52. The Hall–Kier alpha value is -2.01. The number of hydrogen-bond acceptors (Lipinski definition) is 3. The fourth-order valence-electron chi connectivity index (χ4n) is 2.53. The van der Waals surface area contributed by atoms with E-state index >= 15 is 0 Å². The van der Waals surface area contributed by atoms with Crippen LogP contribution in [0.3, 0.4) is 0 Å². The summed E-state index contributed by atoms with van der Waals surface area (Å²) >= 11 is 3.40. The lowest BCUT2D eigenvalue weighted by Gasteiger charge is -2.30. The molecule has 2 aromatic carbocycles. The highest BCUT2D eigenvalue weighted by atomic mass is 79.9. The molecule has 0 unspecified atom stereocenters. The zero-order chi connectivity index (χ0) is 17.0. The second-order valence-corrected chi connectivity index (χ2v) is 7.01. The molecule has 1 atom stereocenters. The summed E-state index contributed by atoms with van der Waals surface area (Å²) in [7, 11) is 3.20. The molecular formula is C18H19BrO4. The van der Waals surface area contributed by atoms with E-state index in [1.54, 1.807) is 21.1 Å². The first-order valence-corrected chi connectivity index (χ1v) is 7.89. The van der Waals surface area contributed by atoms with Crippen LogP contribution in [0.5, 0.6) is 11.5 Å². The van der Waals surface area contributed by atoms with Crippen molar-refractivity contribution < 1.29 is 19.4 Å². The van der Waals surface area contributed by atoms with Crippen LogP contribution in [-0.4, -0.2) is 29.6 Å². The standard InChI is InChI=1S/C18H19BrO4/c1-18(19,17(20)21)16(12-4-8-14(22-2)9-5-12)13-6-10-15(23-3)11-7-13/h4-11,16H,1-3H3,(H,20,21)/t18-/m1/s1. The van der Waals surface area contributed by atoms with E-state index in [1.165, 1.54) is 0 Å². The molecule has 0 fully saturated rings. The van der Waals surface area contributed by atoms with Gasteiger partial charge in [0.05, 0.1) is 14.2 Å². The topological polar surface area (TPSA) is 55.8 Å². The van der Waals surface area contributed by atoms with Gasteiger partial charge in [-0.1, -0.05) is 40.2 Å². The monoisotopic (exact) mass is 378 g/mol. The van der Waals surface area contributed by atoms with E-state index in [0.29, 0.717) is 0 Å². The molecule has 0 saturated carbocycles. The molecule has 23 heavy (non-hydrogen) atoms. The van der Waals surface area contributed by atoms with Crippen LogP contribution in [-0.2, 0) is 4.79 Å². The maximum Gasteiger partial charge on any atom is 0.321 e. The van der Waals surface area contributed by atoms with Crippen molar-refractivity contribution in [3.8, 4) is 11.5 Å². The third-order valence-corrected chi connectivity index (χ3v) is 4.66. The highest BCUT2D eigenvalue weighted by Gasteiger charge is 2.41. The Morgan fingerprint density at radius 3 is 1.57 bits per heavy atom. The summed E-state index contributed by atoms with van der Waals surface area (Å²) in [6.45, 7) is 1.66. The average Bonchev–Trinajstić information content (AvgIpc) is 2.56. The first kappa shape index (κ1) is 17.3. The summed E-state index contributed by atoms with van der Waals surface area (Å²) in [6.07, 6.45) is 0. The molecular weight excluding hydrogens is 360 g/mol. The first-order valence-electron chi connectivity index (χ1n) is 7.10. The summed E-state index contributed by atoms with van der Waals surface area (Å²) in [4.78, 5) is 11.8. The highest BCUT2D eigenvalue weighted by Crippen LogP contribution is 2.41. The SMILES string of the molecule is COc1ccc(C(c2ccc(OC)cc2)[C@@](C)(Br)C(=O)O)cc1. The van der Waals surface area contributed by atoms with Crippen LogP contribution in [0.1, 0.15) is 24.0 Å². The van der Waals surface area contributed by atoms with Gasteiger partial charge in [-0.05, 0) is 42.3 Å². The number of hydrogen-bond donors (Lipinski definition) is 1. The van der Waals surface area contributed by atoms with Gasteiger partial charge in [0.2, 0.25) is 0 Å². The van der Waals surface area contributed by atoms with Crippen molar-refractivity contribution in [2.45, 2.75) is 17.2 Å². The Bertz CT molecular complexity index is 615. The van der Waals surface area contributed by atoms with Gasteiger partial charge in [0.25, 0.3) is 0 Å². The van der Waals surface area contributed by atoms with Gasteiger partial charge in [0, 0.05) is 5.92 Å². The normalized spacial score (nSPS) is 13.4. The van der Waals surface area contributed by atoms with Crippen LogP contribution >= 0.6 is 15.9 Å². The molecule has 2 aromatic rings. The van der Waals surface area contributed by atoms with Gasteiger partial charge >= 0.3 is 5.97 Å². The van der Waals surface area contributed by atoms with Gasteiger partial charge in [-0.2, -0.15) is 0 Å². The Morgan fingerprint density at radius 2 is 1.30 bits per heavy atom. The number of aliphatic carboxylic acids is 1. The molecule has 5 heteroatoms. The Morgan fingerprint density at radius 1 is 0.957 bits per heavy atom. The van der Waals surface area contributed by atoms with Crippen LogP contribution < -0.4 is 9.47 Å². The zero-order valence-electron chi connectivity index (χ0n) is 13.2. The van der Waals surface area contributed by atoms with Crippen LogP contribution in [0.4, 0.5) is 0 Å². The Labute approximate surface area is 144 Å². The van der Waals surface area contributed by atoms with E-state index in [-0.39, 0.29) is 5.92 Å². The van der Waals surface area contributed by atoms with E-state index in [2.05, 4.69) is 15.9 Å². The fraction of sp³-hybridized carbons (Fsp3) is 0.278. The molecule has 0 aromatic heterocycles. The molecule has 4 nitrogen and oxygen atoms in total. The number of carbonyl (C=O) groups is 1. The molecule has 0 aliphatic rings. The van der Waals surface area contributed by atoms with Crippen molar-refractivity contribution in [3.63, 3.8) is 0 Å². The number of rotatable bonds is 6. The Kier molecular flexibility index (Phi) is 5.31. The number of benzene rings is 2. The molecule has 2 rings (SSSR count). The van der Waals surface area contributed by atoms with Crippen molar-refractivity contribution in [3.05, 3.63) is 59.7 Å². The van der Waals surface area contributed by atoms with Crippen LogP contribution in [0.25, 0.3) is 0 Å². The van der Waals surface area contributed by atoms with E-state index in [1.807, 2.05) is 48.5 Å². The predicted molar refractivity (Wildman–Crippen MR) is 92.8 cm³/mol. The third-order valence-electron chi connectivity index (χ3n) is 3.86. The fourth-order valence-corrected chi connectivity index (χ4v) is 3.06. The number of ether oxygens (including phenoxy) is 2. The van der Waals surface area contributed by atoms with E-state index in [9.17, 15) is 9.90 Å². The molecule has 0 spiro atoms. The molecule has 0 heterocycles. The molecule has 0 radical (unpaired) electrons. The van der Waals surface area contributed by atoms with Gasteiger partial charge < -0.3 is 14.6 Å². The average molecular weight is 379 g/mol. The maximum atomic E-state index is 11.8. The minimum atomic E-state index is -1.14. The molecule has 0 aliphatic carbocycles. The van der Waals surface area contributed by atoms with E-state index in [0.717, 1.165) is 22.6 Å². The summed E-state index contributed by atoms with van der Waals surface area (Å²) in [5, 5.41) is 9.64. The molecule has 122 valence electrons. The number of halogens is 1. The summed E-state index contributed by atoms with van der Waals surface area (Å²) in [6, 6.07) is 14.9. The first-order chi connectivity index (χ1) is 10.9. The number of alkyl halides is 1. The van der Waals surface area contributed by atoms with Gasteiger partial charge in [-0.15, -0.1) is 0 Å². The minimum absolute atomic E-state index is 0.364. The minimum Gasteiger partial charge on any atom is -0.497 e. The molecule has 0 aliphatic heterocycles. The molecule has 0 bridgehead atoms. The van der Waals surface area contributed by atoms with Crippen molar-refractivity contribution in [1.29, 1.82) is 0 Å². The van der Waals surface area contributed by atoms with Gasteiger partial charge in [0.15, 0.2) is 0 Å². The molecule has 0 saturated heterocycles. The van der Waals surface area contributed by atoms with Crippen LogP contribution in [0.15, 0.2) is 48.5 Å². The van der Waals surface area contributed by atoms with Crippen molar-refractivity contribution in [1.82, 2.24) is 0 Å². The number of carboxylic acid groups (broad SMARTS) is 1. The lowest BCUT2D eigenvalue weighted by molar-refractivity contribution is -0.139. The van der Waals surface area contributed by atoms with Crippen molar-refractivity contribution in [2.75, 3.05) is 14.2 Å². The van der Waals surface area contributed by atoms with Gasteiger partial charge in [-0.3, -0.25) is 4.79 Å². The van der Waals surface area contributed by atoms with Crippen molar-refractivity contribution in [2.24, 2.45) is 0 Å². The van der Waals surface area contributed by atoms with Crippen LogP contribution in [0.2, 0.25) is 0 Å². The largest absolute Gasteiger partial charge is 0.497 e. The summed E-state index contributed by atoms with van der Waals surface area (Å²) in [5.74, 6) is 0.175. The van der Waals surface area contributed by atoms with E-state index in [4.69, 9.17) is 9.47 Å². The lowest BCUT2D eigenvalue weighted by atomic mass is 9.81. The second kappa shape index (κ2) is 7.04. The van der Waals surface area contributed by atoms with Gasteiger partial charge in [0.1, 0.15) is 15.8 Å². The maximum absolute atomic E-state index is 11.8. The number of methoxy groups -OCH3 is 2. The smallest absolute Gasteiger partial charge is 0.321 e. The van der Waals surface area contributed by atoms with Crippen LogP contribution in [0, 0.1) is 0 Å². The summed E-state index contributed by atoms with van der Waals surface area (Å²) in [5.41, 5.74) is 1.77.